The molecule has 19 heavy (non-hydrogen) atoms. The van der Waals surface area contributed by atoms with E-state index in [1.54, 1.807) is 11.3 Å². The molecule has 0 aliphatic carbocycles. The molecule has 0 radical (unpaired) electrons. The summed E-state index contributed by atoms with van der Waals surface area (Å²) >= 11 is 1.67. The van der Waals surface area contributed by atoms with Crippen LogP contribution in [0.25, 0.3) is 0 Å². The lowest BCUT2D eigenvalue weighted by molar-refractivity contribution is 0.658. The van der Waals surface area contributed by atoms with Crippen LogP contribution >= 0.6 is 11.3 Å². The SMILES string of the molecule is CCCNCc1cc(C)nc(Cc2csc(C)n2)n1. The predicted molar refractivity (Wildman–Crippen MR) is 78.4 cm³/mol. The van der Waals surface area contributed by atoms with E-state index >= 15 is 0 Å². The average molecular weight is 276 g/mol. The lowest BCUT2D eigenvalue weighted by atomic mass is 10.2. The van der Waals surface area contributed by atoms with Crippen LogP contribution in [0.5, 0.6) is 0 Å². The summed E-state index contributed by atoms with van der Waals surface area (Å²) in [5.74, 6) is 0.860. The van der Waals surface area contributed by atoms with Gasteiger partial charge in [0.05, 0.1) is 22.8 Å². The van der Waals surface area contributed by atoms with Crippen molar-refractivity contribution < 1.29 is 0 Å². The van der Waals surface area contributed by atoms with Crippen molar-refractivity contribution in [2.24, 2.45) is 0 Å². The minimum absolute atomic E-state index is 0.715. The molecular weight excluding hydrogens is 256 g/mol. The summed E-state index contributed by atoms with van der Waals surface area (Å²) in [6.07, 6.45) is 1.85. The van der Waals surface area contributed by atoms with Crippen molar-refractivity contribution in [2.75, 3.05) is 6.54 Å². The molecule has 0 amide bonds. The van der Waals surface area contributed by atoms with Crippen LogP contribution in [0, 0.1) is 13.8 Å². The highest BCUT2D eigenvalue weighted by Crippen LogP contribution is 2.11. The molecule has 2 heterocycles. The van der Waals surface area contributed by atoms with E-state index in [1.807, 2.05) is 19.9 Å². The molecule has 0 saturated carbocycles. The Hall–Kier alpha value is -1.33. The van der Waals surface area contributed by atoms with Gasteiger partial charge in [-0.25, -0.2) is 15.0 Å². The van der Waals surface area contributed by atoms with Crippen molar-refractivity contribution in [3.05, 3.63) is 39.4 Å². The molecule has 0 aliphatic heterocycles. The molecule has 0 bridgehead atoms. The first-order chi connectivity index (χ1) is 9.17. The van der Waals surface area contributed by atoms with Gasteiger partial charge in [-0.1, -0.05) is 6.92 Å². The third-order valence-corrected chi connectivity index (χ3v) is 3.51. The number of aromatic nitrogens is 3. The Bertz CT molecular complexity index is 536. The molecule has 0 unspecified atom stereocenters. The van der Waals surface area contributed by atoms with Gasteiger partial charge < -0.3 is 5.32 Å². The number of aryl methyl sites for hydroxylation is 2. The summed E-state index contributed by atoms with van der Waals surface area (Å²) in [6.45, 7) is 8.02. The van der Waals surface area contributed by atoms with Gasteiger partial charge in [-0.2, -0.15) is 0 Å². The van der Waals surface area contributed by atoms with Crippen LogP contribution in [-0.2, 0) is 13.0 Å². The fourth-order valence-electron chi connectivity index (χ4n) is 1.91. The summed E-state index contributed by atoms with van der Waals surface area (Å²) in [4.78, 5) is 13.6. The van der Waals surface area contributed by atoms with Gasteiger partial charge in [-0.05, 0) is 32.9 Å². The van der Waals surface area contributed by atoms with E-state index in [0.717, 1.165) is 47.4 Å². The zero-order chi connectivity index (χ0) is 13.7. The van der Waals surface area contributed by atoms with E-state index in [0.29, 0.717) is 6.42 Å². The Kier molecular flexibility index (Phi) is 4.99. The lowest BCUT2D eigenvalue weighted by Gasteiger charge is -2.06. The van der Waals surface area contributed by atoms with Crippen LogP contribution < -0.4 is 5.32 Å². The molecule has 0 atom stereocenters. The van der Waals surface area contributed by atoms with Gasteiger partial charge in [-0.3, -0.25) is 0 Å². The number of nitrogens with one attached hydrogen (secondary N) is 1. The van der Waals surface area contributed by atoms with Crippen molar-refractivity contribution in [3.8, 4) is 0 Å². The minimum atomic E-state index is 0.715. The first kappa shape index (κ1) is 14.1. The lowest BCUT2D eigenvalue weighted by Crippen LogP contribution is -2.16. The standard InChI is InChI=1S/C14H20N4S/c1-4-5-15-8-12-6-10(2)16-14(18-12)7-13-9-19-11(3)17-13/h6,9,15H,4-5,7-8H2,1-3H3. The highest BCUT2D eigenvalue weighted by atomic mass is 32.1. The van der Waals surface area contributed by atoms with Crippen LogP contribution in [0.4, 0.5) is 0 Å². The summed E-state index contributed by atoms with van der Waals surface area (Å²) in [5, 5.41) is 6.54. The van der Waals surface area contributed by atoms with Gasteiger partial charge in [0.2, 0.25) is 0 Å². The molecule has 2 rings (SSSR count). The van der Waals surface area contributed by atoms with Crippen LogP contribution in [0.15, 0.2) is 11.4 Å². The van der Waals surface area contributed by atoms with E-state index in [2.05, 4.69) is 32.6 Å². The van der Waals surface area contributed by atoms with Crippen molar-refractivity contribution in [2.45, 2.75) is 40.2 Å². The maximum Gasteiger partial charge on any atom is 0.134 e. The molecule has 5 heteroatoms. The number of thiazole rings is 1. The molecule has 0 spiro atoms. The monoisotopic (exact) mass is 276 g/mol. The zero-order valence-corrected chi connectivity index (χ0v) is 12.5. The second kappa shape index (κ2) is 6.73. The van der Waals surface area contributed by atoms with E-state index < -0.39 is 0 Å². The van der Waals surface area contributed by atoms with Gasteiger partial charge in [0, 0.05) is 17.6 Å². The van der Waals surface area contributed by atoms with Crippen LogP contribution in [0.3, 0.4) is 0 Å². The molecule has 0 fully saturated rings. The fraction of sp³-hybridized carbons (Fsp3) is 0.500. The maximum atomic E-state index is 4.60. The van der Waals surface area contributed by atoms with Gasteiger partial charge in [0.1, 0.15) is 5.82 Å². The normalized spacial score (nSPS) is 10.9. The quantitative estimate of drug-likeness (QED) is 0.824. The molecule has 4 nitrogen and oxygen atoms in total. The highest BCUT2D eigenvalue weighted by molar-refractivity contribution is 7.09. The Morgan fingerprint density at radius 1 is 1.16 bits per heavy atom. The minimum Gasteiger partial charge on any atom is -0.311 e. The van der Waals surface area contributed by atoms with Crippen LogP contribution in [0.2, 0.25) is 0 Å². The first-order valence-corrected chi connectivity index (χ1v) is 7.50. The third kappa shape index (κ3) is 4.36. The van der Waals surface area contributed by atoms with Gasteiger partial charge in [0.15, 0.2) is 0 Å². The Labute approximate surface area is 118 Å². The van der Waals surface area contributed by atoms with Crippen molar-refractivity contribution in [3.63, 3.8) is 0 Å². The summed E-state index contributed by atoms with van der Waals surface area (Å²) in [6, 6.07) is 2.04. The Balaban J connectivity index is 2.07. The summed E-state index contributed by atoms with van der Waals surface area (Å²) in [7, 11) is 0. The number of hydrogen-bond donors (Lipinski definition) is 1. The van der Waals surface area contributed by atoms with Crippen molar-refractivity contribution >= 4 is 11.3 Å². The van der Waals surface area contributed by atoms with E-state index in [1.165, 1.54) is 0 Å². The zero-order valence-electron chi connectivity index (χ0n) is 11.7. The predicted octanol–water partition coefficient (Wildman–Crippen LogP) is 2.64. The number of hydrogen-bond acceptors (Lipinski definition) is 5. The Morgan fingerprint density at radius 3 is 2.68 bits per heavy atom. The fourth-order valence-corrected chi connectivity index (χ4v) is 2.53. The van der Waals surface area contributed by atoms with E-state index in [4.69, 9.17) is 0 Å². The van der Waals surface area contributed by atoms with Gasteiger partial charge >= 0.3 is 0 Å². The van der Waals surface area contributed by atoms with Crippen molar-refractivity contribution in [1.29, 1.82) is 0 Å². The second-order valence-electron chi connectivity index (χ2n) is 4.63. The molecule has 0 aromatic carbocycles. The maximum absolute atomic E-state index is 4.60. The number of rotatable bonds is 6. The second-order valence-corrected chi connectivity index (χ2v) is 5.69. The molecule has 102 valence electrons. The molecule has 2 aromatic rings. The molecule has 2 aromatic heterocycles. The largest absolute Gasteiger partial charge is 0.311 e. The summed E-state index contributed by atoms with van der Waals surface area (Å²) in [5.41, 5.74) is 3.13. The smallest absolute Gasteiger partial charge is 0.134 e. The molecule has 0 aliphatic rings. The average Bonchev–Trinajstić information content (AvgIpc) is 2.74. The molecular formula is C14H20N4S. The van der Waals surface area contributed by atoms with E-state index in [9.17, 15) is 0 Å². The van der Waals surface area contributed by atoms with Crippen LogP contribution in [0.1, 0.15) is 41.3 Å². The summed E-state index contributed by atoms with van der Waals surface area (Å²) < 4.78 is 0. The number of nitrogens with zero attached hydrogens (tertiary/aromatic N) is 3. The van der Waals surface area contributed by atoms with Gasteiger partial charge in [-0.15, -0.1) is 11.3 Å². The molecule has 0 saturated heterocycles. The van der Waals surface area contributed by atoms with Gasteiger partial charge in [0.25, 0.3) is 0 Å². The molecule has 1 N–H and O–H groups in total. The Morgan fingerprint density at radius 2 is 2.00 bits per heavy atom. The highest BCUT2D eigenvalue weighted by Gasteiger charge is 2.06. The van der Waals surface area contributed by atoms with Crippen molar-refractivity contribution in [1.82, 2.24) is 20.3 Å². The van der Waals surface area contributed by atoms with E-state index in [-0.39, 0.29) is 0 Å². The third-order valence-electron chi connectivity index (χ3n) is 2.69. The topological polar surface area (TPSA) is 50.7 Å². The van der Waals surface area contributed by atoms with Crippen LogP contribution in [-0.4, -0.2) is 21.5 Å². The first-order valence-electron chi connectivity index (χ1n) is 6.62.